The number of hydrogen-bond acceptors (Lipinski definition) is 8. The molecule has 0 radical (unpaired) electrons. The molecule has 0 bridgehead atoms. The second-order valence-electron chi connectivity index (χ2n) is 13.3. The number of phosphoric acid groups is 1. The predicted molar refractivity (Wildman–Crippen MR) is 205 cm³/mol. The summed E-state index contributed by atoms with van der Waals surface area (Å²) in [7, 11) is -4.81. The van der Waals surface area contributed by atoms with Crippen molar-refractivity contribution in [1.82, 2.24) is 0 Å². The maximum Gasteiger partial charge on any atom is 0.469 e. The summed E-state index contributed by atoms with van der Waals surface area (Å²) in [5.41, 5.74) is 0. The quantitative estimate of drug-likeness (QED) is 0.0162. The number of rotatable bonds is 35. The Morgan fingerprint density at radius 1 is 0.608 bits per heavy atom. The molecule has 0 saturated carbocycles. The van der Waals surface area contributed by atoms with E-state index in [1.807, 2.05) is 6.08 Å². The van der Waals surface area contributed by atoms with E-state index in [1.165, 1.54) is 83.5 Å². The van der Waals surface area contributed by atoms with Crippen LogP contribution in [0.4, 0.5) is 0 Å². The molecule has 0 fully saturated rings. The molecule has 0 heterocycles. The highest BCUT2D eigenvalue weighted by Crippen LogP contribution is 2.36. The maximum absolute atomic E-state index is 12.4. The molecule has 0 aliphatic heterocycles. The maximum atomic E-state index is 12.4. The number of allylic oxidation sites excluding steroid dienone is 5. The number of aliphatic hydroxyl groups excluding tert-OH is 2. The molecule has 0 amide bonds. The van der Waals surface area contributed by atoms with Crippen LogP contribution in [0.2, 0.25) is 0 Å². The summed E-state index contributed by atoms with van der Waals surface area (Å²) in [6, 6.07) is 0. The minimum Gasteiger partial charge on any atom is -0.462 e. The molecule has 0 aliphatic carbocycles. The van der Waals surface area contributed by atoms with Gasteiger partial charge in [-0.1, -0.05) is 159 Å². The van der Waals surface area contributed by atoms with E-state index >= 15 is 0 Å². The van der Waals surface area contributed by atoms with Crippen LogP contribution in [0.25, 0.3) is 0 Å². The standard InChI is InChI=1S/C40H71O10P/c1-3-5-7-9-11-12-13-14-15-16-17-18-20-26-32-40(44)50-38(35-49-51(45,46)47)34-48-39(43)33-27-31-37(42)30-25-22-21-24-29-36(41)28-23-19-10-8-6-4-2/h19,21-25,29-30,36-38,41-42H,3-18,20,26-28,31-35H2,1-2H3,(H2,45,46,47)/b22-21+,23-19-,29-24+,30-25-/t36-,37-,38-/m1/s1. The fraction of sp³-hybridized carbons (Fsp3) is 0.750. The van der Waals surface area contributed by atoms with E-state index in [1.54, 1.807) is 36.5 Å². The van der Waals surface area contributed by atoms with Crippen molar-refractivity contribution in [3.8, 4) is 0 Å². The van der Waals surface area contributed by atoms with Crippen LogP contribution in [-0.4, -0.2) is 63.5 Å². The molecular weight excluding hydrogens is 671 g/mol. The van der Waals surface area contributed by atoms with Gasteiger partial charge in [0.05, 0.1) is 18.8 Å². The van der Waals surface area contributed by atoms with Crippen molar-refractivity contribution in [2.24, 2.45) is 0 Å². The van der Waals surface area contributed by atoms with Crippen LogP contribution >= 0.6 is 7.82 Å². The minimum absolute atomic E-state index is 0.00742. The third kappa shape index (κ3) is 37.5. The summed E-state index contributed by atoms with van der Waals surface area (Å²) in [5, 5.41) is 20.1. The first-order chi connectivity index (χ1) is 24.6. The zero-order valence-electron chi connectivity index (χ0n) is 31.7. The molecule has 0 aromatic rings. The molecule has 0 aromatic carbocycles. The molecule has 3 atom stereocenters. The van der Waals surface area contributed by atoms with E-state index in [2.05, 4.69) is 24.4 Å². The zero-order chi connectivity index (χ0) is 37.8. The van der Waals surface area contributed by atoms with Gasteiger partial charge in [-0.25, -0.2) is 4.57 Å². The second kappa shape index (κ2) is 35.0. The van der Waals surface area contributed by atoms with Crippen molar-refractivity contribution in [3.63, 3.8) is 0 Å². The summed E-state index contributed by atoms with van der Waals surface area (Å²) in [6.45, 7) is 3.40. The van der Waals surface area contributed by atoms with Crippen molar-refractivity contribution in [2.75, 3.05) is 13.2 Å². The molecule has 0 rings (SSSR count). The van der Waals surface area contributed by atoms with Gasteiger partial charge in [-0.05, 0) is 38.5 Å². The number of carbonyl (C=O) groups is 2. The number of hydrogen-bond donors (Lipinski definition) is 4. The van der Waals surface area contributed by atoms with Crippen LogP contribution in [0.15, 0.2) is 48.6 Å². The van der Waals surface area contributed by atoms with Crippen molar-refractivity contribution in [1.29, 1.82) is 0 Å². The highest BCUT2D eigenvalue weighted by molar-refractivity contribution is 7.46. The van der Waals surface area contributed by atoms with Crippen LogP contribution in [-0.2, 0) is 28.2 Å². The summed E-state index contributed by atoms with van der Waals surface area (Å²) < 4.78 is 26.2. The van der Waals surface area contributed by atoms with E-state index in [9.17, 15) is 24.4 Å². The Kier molecular flexibility index (Phi) is 33.6. The van der Waals surface area contributed by atoms with E-state index < -0.39 is 51.3 Å². The molecule has 10 nitrogen and oxygen atoms in total. The van der Waals surface area contributed by atoms with E-state index in [-0.39, 0.29) is 12.8 Å². The van der Waals surface area contributed by atoms with Gasteiger partial charge in [0.15, 0.2) is 6.10 Å². The van der Waals surface area contributed by atoms with Crippen LogP contribution in [0.3, 0.4) is 0 Å². The van der Waals surface area contributed by atoms with Crippen LogP contribution in [0, 0.1) is 0 Å². The minimum atomic E-state index is -4.81. The fourth-order valence-electron chi connectivity index (χ4n) is 5.27. The topological polar surface area (TPSA) is 160 Å². The molecule has 0 saturated heterocycles. The first-order valence-electron chi connectivity index (χ1n) is 19.6. The van der Waals surface area contributed by atoms with Crippen LogP contribution < -0.4 is 0 Å². The second-order valence-corrected chi connectivity index (χ2v) is 14.6. The first kappa shape index (κ1) is 48.9. The van der Waals surface area contributed by atoms with E-state index in [0.29, 0.717) is 25.7 Å². The molecule has 11 heteroatoms. The van der Waals surface area contributed by atoms with Gasteiger partial charge in [-0.15, -0.1) is 0 Å². The average molecular weight is 743 g/mol. The van der Waals surface area contributed by atoms with Crippen molar-refractivity contribution < 1.29 is 48.2 Å². The average Bonchev–Trinajstić information content (AvgIpc) is 3.08. The molecule has 0 spiro atoms. The molecule has 0 aliphatic rings. The monoisotopic (exact) mass is 742 g/mol. The van der Waals surface area contributed by atoms with Gasteiger partial charge in [0.2, 0.25) is 0 Å². The Labute approximate surface area is 309 Å². The predicted octanol–water partition coefficient (Wildman–Crippen LogP) is 9.51. The number of unbranched alkanes of at least 4 members (excludes halogenated alkanes) is 16. The largest absolute Gasteiger partial charge is 0.469 e. The lowest BCUT2D eigenvalue weighted by Crippen LogP contribution is -2.29. The summed E-state index contributed by atoms with van der Waals surface area (Å²) in [5.74, 6) is -1.12. The Balaban J connectivity index is 4.22. The molecule has 4 N–H and O–H groups in total. The lowest BCUT2D eigenvalue weighted by Gasteiger charge is -2.18. The molecular formula is C40H71O10P. The van der Waals surface area contributed by atoms with E-state index in [0.717, 1.165) is 25.7 Å². The fourth-order valence-corrected chi connectivity index (χ4v) is 5.63. The number of carbonyl (C=O) groups excluding carboxylic acids is 2. The zero-order valence-corrected chi connectivity index (χ0v) is 32.6. The Bertz CT molecular complexity index is 1000. The molecule has 0 aromatic heterocycles. The Morgan fingerprint density at radius 2 is 1.12 bits per heavy atom. The van der Waals surface area contributed by atoms with Gasteiger partial charge in [-0.3, -0.25) is 14.1 Å². The lowest BCUT2D eigenvalue weighted by molar-refractivity contribution is -0.161. The third-order valence-electron chi connectivity index (χ3n) is 8.29. The molecule has 296 valence electrons. The third-order valence-corrected chi connectivity index (χ3v) is 8.78. The molecule has 0 unspecified atom stereocenters. The summed E-state index contributed by atoms with van der Waals surface area (Å²) in [4.78, 5) is 42.7. The van der Waals surface area contributed by atoms with Crippen molar-refractivity contribution in [3.05, 3.63) is 48.6 Å². The number of phosphoric ester groups is 1. The number of esters is 2. The number of ether oxygens (including phenoxy) is 2. The van der Waals surface area contributed by atoms with Gasteiger partial charge < -0.3 is 29.5 Å². The van der Waals surface area contributed by atoms with Gasteiger partial charge >= 0.3 is 19.8 Å². The first-order valence-corrected chi connectivity index (χ1v) is 21.2. The van der Waals surface area contributed by atoms with Crippen molar-refractivity contribution in [2.45, 2.75) is 180 Å². The van der Waals surface area contributed by atoms with Gasteiger partial charge in [0.25, 0.3) is 0 Å². The Morgan fingerprint density at radius 3 is 1.69 bits per heavy atom. The van der Waals surface area contributed by atoms with Gasteiger partial charge in [0.1, 0.15) is 6.61 Å². The Hall–Kier alpha value is -2.07. The van der Waals surface area contributed by atoms with Crippen LogP contribution in [0.5, 0.6) is 0 Å². The normalized spacial score (nSPS) is 14.2. The highest BCUT2D eigenvalue weighted by Gasteiger charge is 2.23. The lowest BCUT2D eigenvalue weighted by atomic mass is 10.0. The highest BCUT2D eigenvalue weighted by atomic mass is 31.2. The smallest absolute Gasteiger partial charge is 0.462 e. The summed E-state index contributed by atoms with van der Waals surface area (Å²) in [6.07, 6.45) is 34.6. The van der Waals surface area contributed by atoms with Crippen molar-refractivity contribution >= 4 is 19.8 Å². The van der Waals surface area contributed by atoms with E-state index in [4.69, 9.17) is 19.3 Å². The summed E-state index contributed by atoms with van der Waals surface area (Å²) >= 11 is 0. The van der Waals surface area contributed by atoms with Gasteiger partial charge in [-0.2, -0.15) is 0 Å². The van der Waals surface area contributed by atoms with Gasteiger partial charge in [0, 0.05) is 12.8 Å². The molecule has 51 heavy (non-hydrogen) atoms. The van der Waals surface area contributed by atoms with Crippen LogP contribution in [0.1, 0.15) is 162 Å². The number of aliphatic hydroxyl groups is 2. The SMILES string of the molecule is CCCCC/C=C\C[C@@H](O)/C=C/C=C/C=C\[C@@H](O)CCCC(=O)OC[C@H](COP(=O)(O)O)OC(=O)CCCCCCCCCCCCCCCC.